The number of methoxy groups -OCH3 is 1. The fourth-order valence-corrected chi connectivity index (χ4v) is 1.99. The molecule has 3 N–H and O–H groups in total. The molecule has 0 saturated heterocycles. The molecular weight excluding hydrogens is 256 g/mol. The molecule has 0 aliphatic rings. The fraction of sp³-hybridized carbons (Fsp3) is 0.200. The minimum Gasteiger partial charge on any atom is -0.496 e. The largest absolute Gasteiger partial charge is 0.496 e. The van der Waals surface area contributed by atoms with Gasteiger partial charge in [0.05, 0.1) is 24.5 Å². The van der Waals surface area contributed by atoms with E-state index in [9.17, 15) is 9.90 Å². The van der Waals surface area contributed by atoms with Crippen molar-refractivity contribution in [3.63, 3.8) is 0 Å². The number of hydrogen-bond acceptors (Lipinski definition) is 4. The summed E-state index contributed by atoms with van der Waals surface area (Å²) in [5.74, 6) is 0.0493. The first-order valence-corrected chi connectivity index (χ1v) is 6.15. The number of carbonyl (C=O) groups is 1. The van der Waals surface area contributed by atoms with Crippen LogP contribution in [0.4, 0.5) is 0 Å². The Hall–Kier alpha value is -2.40. The molecule has 1 atom stereocenters. The van der Waals surface area contributed by atoms with Gasteiger partial charge in [0.1, 0.15) is 5.75 Å². The zero-order chi connectivity index (χ0) is 14.7. The van der Waals surface area contributed by atoms with E-state index in [-0.39, 0.29) is 0 Å². The number of ether oxygens (including phenoxy) is 1. The van der Waals surface area contributed by atoms with Gasteiger partial charge in [-0.3, -0.25) is 9.78 Å². The quantitative estimate of drug-likeness (QED) is 0.890. The van der Waals surface area contributed by atoms with Crippen molar-refractivity contribution in [1.82, 2.24) is 4.98 Å². The third-order valence-electron chi connectivity index (χ3n) is 3.02. The van der Waals surface area contributed by atoms with Gasteiger partial charge in [-0.25, -0.2) is 0 Å². The van der Waals surface area contributed by atoms with Gasteiger partial charge in [0.15, 0.2) is 0 Å². The molecule has 0 bridgehead atoms. The topological polar surface area (TPSA) is 85.4 Å². The molecule has 0 saturated carbocycles. The van der Waals surface area contributed by atoms with E-state index in [1.165, 1.54) is 6.20 Å². The Morgan fingerprint density at radius 1 is 1.35 bits per heavy atom. The van der Waals surface area contributed by atoms with E-state index in [0.29, 0.717) is 22.6 Å². The lowest BCUT2D eigenvalue weighted by atomic mass is 9.98. The van der Waals surface area contributed by atoms with Gasteiger partial charge < -0.3 is 15.6 Å². The maximum absolute atomic E-state index is 11.6. The Kier molecular flexibility index (Phi) is 4.00. The van der Waals surface area contributed by atoms with Gasteiger partial charge in [0, 0.05) is 17.3 Å². The molecule has 5 nitrogen and oxygen atoms in total. The number of para-hydroxylation sites is 1. The monoisotopic (exact) mass is 272 g/mol. The molecule has 1 amide bonds. The van der Waals surface area contributed by atoms with Crippen LogP contribution in [0.2, 0.25) is 0 Å². The van der Waals surface area contributed by atoms with Crippen LogP contribution in [-0.4, -0.2) is 23.1 Å². The number of primary amides is 1. The number of aliphatic hydroxyl groups excluding tert-OH is 1. The average molecular weight is 272 g/mol. The summed E-state index contributed by atoms with van der Waals surface area (Å²) in [6, 6.07) is 8.95. The van der Waals surface area contributed by atoms with E-state index in [1.54, 1.807) is 26.2 Å². The summed E-state index contributed by atoms with van der Waals surface area (Å²) in [5, 5.41) is 9.64. The van der Waals surface area contributed by atoms with Crippen molar-refractivity contribution in [3.05, 3.63) is 47.8 Å². The van der Waals surface area contributed by atoms with Crippen molar-refractivity contribution in [1.29, 1.82) is 0 Å². The van der Waals surface area contributed by atoms with Gasteiger partial charge in [-0.2, -0.15) is 0 Å². The highest BCUT2D eigenvalue weighted by atomic mass is 16.5. The van der Waals surface area contributed by atoms with Crippen LogP contribution in [0.1, 0.15) is 29.1 Å². The number of carbonyl (C=O) groups excluding carboxylic acids is 1. The Bertz CT molecular complexity index is 639. The van der Waals surface area contributed by atoms with Crippen LogP contribution in [0.15, 0.2) is 36.5 Å². The summed E-state index contributed by atoms with van der Waals surface area (Å²) in [4.78, 5) is 15.6. The second-order valence-electron chi connectivity index (χ2n) is 4.40. The van der Waals surface area contributed by atoms with Crippen molar-refractivity contribution >= 4 is 5.91 Å². The molecule has 104 valence electrons. The molecule has 1 aromatic heterocycles. The lowest BCUT2D eigenvalue weighted by Crippen LogP contribution is -2.14. The number of pyridine rings is 1. The highest BCUT2D eigenvalue weighted by Gasteiger charge is 2.16. The molecule has 2 aromatic rings. The van der Waals surface area contributed by atoms with E-state index in [1.807, 2.05) is 18.2 Å². The summed E-state index contributed by atoms with van der Waals surface area (Å²) < 4.78 is 5.30. The van der Waals surface area contributed by atoms with E-state index < -0.39 is 12.0 Å². The van der Waals surface area contributed by atoms with Gasteiger partial charge in [-0.15, -0.1) is 0 Å². The van der Waals surface area contributed by atoms with Crippen LogP contribution in [0.25, 0.3) is 11.1 Å². The smallest absolute Gasteiger partial charge is 0.250 e. The third kappa shape index (κ3) is 2.62. The molecule has 1 heterocycles. The van der Waals surface area contributed by atoms with Crippen LogP contribution in [0.3, 0.4) is 0 Å². The van der Waals surface area contributed by atoms with Crippen LogP contribution in [0, 0.1) is 0 Å². The van der Waals surface area contributed by atoms with Gasteiger partial charge >= 0.3 is 0 Å². The van der Waals surface area contributed by atoms with Gasteiger partial charge in [0.2, 0.25) is 0 Å². The summed E-state index contributed by atoms with van der Waals surface area (Å²) in [7, 11) is 1.56. The van der Waals surface area contributed by atoms with Gasteiger partial charge in [-0.05, 0) is 19.1 Å². The molecule has 0 spiro atoms. The summed E-state index contributed by atoms with van der Waals surface area (Å²) in [6.45, 7) is 1.61. The first-order valence-electron chi connectivity index (χ1n) is 6.15. The fourth-order valence-electron chi connectivity index (χ4n) is 1.99. The molecule has 5 heteroatoms. The lowest BCUT2D eigenvalue weighted by molar-refractivity contribution is 0.1000. The number of nitrogens with zero attached hydrogens (tertiary/aromatic N) is 1. The number of hydrogen-bond donors (Lipinski definition) is 2. The molecule has 0 fully saturated rings. The molecule has 0 aliphatic heterocycles. The van der Waals surface area contributed by atoms with E-state index in [0.717, 1.165) is 5.56 Å². The minimum atomic E-state index is -0.731. The third-order valence-corrected chi connectivity index (χ3v) is 3.02. The summed E-state index contributed by atoms with van der Waals surface area (Å²) in [5.41, 5.74) is 7.47. The molecular formula is C15H16N2O3. The summed E-state index contributed by atoms with van der Waals surface area (Å²) in [6.07, 6.45) is 0.650. The van der Waals surface area contributed by atoms with Crippen LogP contribution < -0.4 is 10.5 Å². The SMILES string of the molecule is COc1ccccc1-c1cc([C@H](C)O)ncc1C(N)=O. The summed E-state index contributed by atoms with van der Waals surface area (Å²) >= 11 is 0. The standard InChI is InChI=1S/C15H16N2O3/c1-9(18)13-7-11(12(8-17-13)15(16)19)10-5-3-4-6-14(10)20-2/h3-9,18H,1-2H3,(H2,16,19)/t9-/m0/s1. The van der Waals surface area contributed by atoms with E-state index in [2.05, 4.69) is 4.98 Å². The number of aliphatic hydroxyl groups is 1. The van der Waals surface area contributed by atoms with E-state index >= 15 is 0 Å². The van der Waals surface area contributed by atoms with Crippen molar-refractivity contribution in [2.75, 3.05) is 7.11 Å². The Labute approximate surface area is 117 Å². The number of amides is 1. The lowest BCUT2D eigenvalue weighted by Gasteiger charge is -2.13. The molecule has 1 aromatic carbocycles. The van der Waals surface area contributed by atoms with E-state index in [4.69, 9.17) is 10.5 Å². The molecule has 0 radical (unpaired) electrons. The Balaban J connectivity index is 2.69. The second kappa shape index (κ2) is 5.71. The predicted molar refractivity (Wildman–Crippen MR) is 75.4 cm³/mol. The zero-order valence-electron chi connectivity index (χ0n) is 11.3. The maximum atomic E-state index is 11.6. The average Bonchev–Trinajstić information content (AvgIpc) is 2.46. The van der Waals surface area contributed by atoms with Crippen molar-refractivity contribution in [2.24, 2.45) is 5.73 Å². The van der Waals surface area contributed by atoms with Gasteiger partial charge in [-0.1, -0.05) is 18.2 Å². The molecule has 0 unspecified atom stereocenters. The number of benzene rings is 1. The van der Waals surface area contributed by atoms with Crippen molar-refractivity contribution < 1.29 is 14.6 Å². The molecule has 2 rings (SSSR count). The molecule has 0 aliphatic carbocycles. The maximum Gasteiger partial charge on any atom is 0.250 e. The molecule has 20 heavy (non-hydrogen) atoms. The normalized spacial score (nSPS) is 11.9. The van der Waals surface area contributed by atoms with Crippen LogP contribution in [0.5, 0.6) is 5.75 Å². The Morgan fingerprint density at radius 2 is 2.05 bits per heavy atom. The highest BCUT2D eigenvalue weighted by Crippen LogP contribution is 2.33. The number of rotatable bonds is 4. The van der Waals surface area contributed by atoms with Crippen molar-refractivity contribution in [3.8, 4) is 16.9 Å². The number of nitrogens with two attached hydrogens (primary N) is 1. The first kappa shape index (κ1) is 14.0. The van der Waals surface area contributed by atoms with Crippen molar-refractivity contribution in [2.45, 2.75) is 13.0 Å². The predicted octanol–water partition coefficient (Wildman–Crippen LogP) is 1.91. The van der Waals surface area contributed by atoms with Gasteiger partial charge in [0.25, 0.3) is 5.91 Å². The minimum absolute atomic E-state index is 0.291. The first-order chi connectivity index (χ1) is 9.54. The van der Waals surface area contributed by atoms with Crippen LogP contribution >= 0.6 is 0 Å². The Morgan fingerprint density at radius 3 is 2.65 bits per heavy atom. The number of aromatic nitrogens is 1. The highest BCUT2D eigenvalue weighted by molar-refractivity contribution is 6.00. The zero-order valence-corrected chi connectivity index (χ0v) is 11.3. The second-order valence-corrected chi connectivity index (χ2v) is 4.40. The van der Waals surface area contributed by atoms with Crippen LogP contribution in [-0.2, 0) is 0 Å².